The predicted octanol–water partition coefficient (Wildman–Crippen LogP) is 1.12. The van der Waals surface area contributed by atoms with Crippen molar-refractivity contribution in [3.8, 4) is 0 Å². The van der Waals surface area contributed by atoms with Crippen LogP contribution < -0.4 is 5.73 Å². The first-order valence-corrected chi connectivity index (χ1v) is 6.77. The van der Waals surface area contributed by atoms with Gasteiger partial charge in [-0.3, -0.25) is 5.73 Å². The summed E-state index contributed by atoms with van der Waals surface area (Å²) in [7, 11) is -3.87. The third-order valence-corrected chi connectivity index (χ3v) is 3.93. The molecular formula is C11H15NO4S. The Kier molecular flexibility index (Phi) is 3.22. The van der Waals surface area contributed by atoms with Crippen molar-refractivity contribution in [2.24, 2.45) is 5.73 Å². The zero-order chi connectivity index (χ0) is 12.5. The van der Waals surface area contributed by atoms with Crippen LogP contribution in [0.5, 0.6) is 0 Å². The van der Waals surface area contributed by atoms with Gasteiger partial charge in [0.15, 0.2) is 0 Å². The van der Waals surface area contributed by atoms with Gasteiger partial charge in [-0.05, 0) is 25.5 Å². The van der Waals surface area contributed by atoms with Gasteiger partial charge in [-0.2, -0.15) is 8.42 Å². The summed E-state index contributed by atoms with van der Waals surface area (Å²) in [6, 6.07) is 6.38. The molecule has 0 aromatic heterocycles. The molecule has 1 fully saturated rings. The van der Waals surface area contributed by atoms with Crippen molar-refractivity contribution < 1.29 is 17.3 Å². The fraction of sp³-hybridized carbons (Fsp3) is 0.455. The van der Waals surface area contributed by atoms with Gasteiger partial charge < -0.3 is 4.74 Å². The second-order valence-corrected chi connectivity index (χ2v) is 5.66. The summed E-state index contributed by atoms with van der Waals surface area (Å²) in [5, 5.41) is 0. The Labute approximate surface area is 101 Å². The number of ether oxygens (including phenoxy) is 1. The largest absolute Gasteiger partial charge is 0.337 e. The normalized spacial score (nSPS) is 25.1. The molecule has 1 aromatic carbocycles. The molecule has 6 heteroatoms. The Morgan fingerprint density at radius 1 is 1.35 bits per heavy atom. The van der Waals surface area contributed by atoms with Crippen LogP contribution >= 0.6 is 0 Å². The van der Waals surface area contributed by atoms with Gasteiger partial charge >= 0.3 is 10.1 Å². The van der Waals surface area contributed by atoms with Crippen molar-refractivity contribution >= 4 is 10.1 Å². The van der Waals surface area contributed by atoms with Crippen molar-refractivity contribution in [2.75, 3.05) is 6.61 Å². The first-order chi connectivity index (χ1) is 7.91. The molecule has 0 radical (unpaired) electrons. The Morgan fingerprint density at radius 3 is 2.53 bits per heavy atom. The lowest BCUT2D eigenvalue weighted by molar-refractivity contribution is -0.140. The first-order valence-electron chi connectivity index (χ1n) is 5.36. The van der Waals surface area contributed by atoms with Gasteiger partial charge in [0.1, 0.15) is 0 Å². The summed E-state index contributed by atoms with van der Waals surface area (Å²) in [6.07, 6.45) is 1.07. The Balaban J connectivity index is 2.22. The van der Waals surface area contributed by atoms with E-state index in [0.29, 0.717) is 19.4 Å². The first kappa shape index (κ1) is 12.5. The average Bonchev–Trinajstić information content (AvgIpc) is 2.64. The van der Waals surface area contributed by atoms with E-state index in [1.807, 2.05) is 6.92 Å². The highest BCUT2D eigenvalue weighted by atomic mass is 32.2. The van der Waals surface area contributed by atoms with Crippen LogP contribution in [0.2, 0.25) is 0 Å². The summed E-state index contributed by atoms with van der Waals surface area (Å²) in [5.74, 6) is -1.51. The summed E-state index contributed by atoms with van der Waals surface area (Å²) >= 11 is 0. The number of nitrogens with two attached hydrogens (primary N) is 1. The van der Waals surface area contributed by atoms with E-state index >= 15 is 0 Å². The predicted molar refractivity (Wildman–Crippen MR) is 61.6 cm³/mol. The molecule has 1 aliphatic heterocycles. The molecule has 5 nitrogen and oxygen atoms in total. The maximum Gasteiger partial charge on any atom is 0.300 e. The fourth-order valence-corrected chi connectivity index (χ4v) is 2.71. The number of hydrogen-bond acceptors (Lipinski definition) is 5. The molecule has 1 atom stereocenters. The highest BCUT2D eigenvalue weighted by molar-refractivity contribution is 7.86. The topological polar surface area (TPSA) is 78.6 Å². The van der Waals surface area contributed by atoms with Gasteiger partial charge in [-0.1, -0.05) is 17.7 Å². The van der Waals surface area contributed by atoms with Gasteiger partial charge in [0.05, 0.1) is 11.5 Å². The summed E-state index contributed by atoms with van der Waals surface area (Å²) < 4.78 is 33.9. The van der Waals surface area contributed by atoms with E-state index in [1.165, 1.54) is 12.1 Å². The summed E-state index contributed by atoms with van der Waals surface area (Å²) in [5.41, 5.74) is 6.66. The minimum atomic E-state index is -3.87. The van der Waals surface area contributed by atoms with Gasteiger partial charge in [0, 0.05) is 6.42 Å². The lowest BCUT2D eigenvalue weighted by Gasteiger charge is -2.22. The second-order valence-electron chi connectivity index (χ2n) is 4.11. The molecule has 2 N–H and O–H groups in total. The van der Waals surface area contributed by atoms with E-state index in [9.17, 15) is 8.42 Å². The van der Waals surface area contributed by atoms with Crippen LogP contribution in [-0.2, 0) is 19.0 Å². The minimum absolute atomic E-state index is 0.0865. The van der Waals surface area contributed by atoms with Crippen molar-refractivity contribution in [3.05, 3.63) is 29.8 Å². The van der Waals surface area contributed by atoms with Crippen molar-refractivity contribution in [1.29, 1.82) is 0 Å². The van der Waals surface area contributed by atoms with Crippen molar-refractivity contribution in [1.82, 2.24) is 0 Å². The van der Waals surface area contributed by atoms with Gasteiger partial charge in [-0.25, -0.2) is 4.18 Å². The molecule has 17 heavy (non-hydrogen) atoms. The molecule has 1 aromatic rings. The SMILES string of the molecule is Cc1ccc(S(=O)(=O)OC2(N)CCCO2)cc1. The van der Waals surface area contributed by atoms with E-state index < -0.39 is 16.0 Å². The summed E-state index contributed by atoms with van der Waals surface area (Å²) in [6.45, 7) is 2.29. The van der Waals surface area contributed by atoms with Gasteiger partial charge in [0.2, 0.25) is 5.91 Å². The molecule has 94 valence electrons. The van der Waals surface area contributed by atoms with Gasteiger partial charge in [0.25, 0.3) is 0 Å². The highest BCUT2D eigenvalue weighted by Gasteiger charge is 2.37. The Morgan fingerprint density at radius 2 is 2.00 bits per heavy atom. The van der Waals surface area contributed by atoms with Crippen LogP contribution in [0.15, 0.2) is 29.2 Å². The molecule has 0 spiro atoms. The molecular weight excluding hydrogens is 242 g/mol. The smallest absolute Gasteiger partial charge is 0.300 e. The maximum atomic E-state index is 11.9. The molecule has 1 unspecified atom stereocenters. The lowest BCUT2D eigenvalue weighted by atomic mass is 10.2. The van der Waals surface area contributed by atoms with Gasteiger partial charge in [-0.15, -0.1) is 0 Å². The Bertz CT molecular complexity index is 489. The van der Waals surface area contributed by atoms with E-state index in [4.69, 9.17) is 14.7 Å². The fourth-order valence-electron chi connectivity index (χ4n) is 1.64. The van der Waals surface area contributed by atoms with Crippen molar-refractivity contribution in [3.63, 3.8) is 0 Å². The molecule has 2 rings (SSSR count). The third kappa shape index (κ3) is 2.84. The molecule has 0 saturated carbocycles. The maximum absolute atomic E-state index is 11.9. The van der Waals surface area contributed by atoms with Crippen molar-refractivity contribution in [2.45, 2.75) is 30.6 Å². The zero-order valence-electron chi connectivity index (χ0n) is 9.55. The number of rotatable bonds is 3. The number of benzene rings is 1. The van der Waals surface area contributed by atoms with Crippen LogP contribution in [0.4, 0.5) is 0 Å². The zero-order valence-corrected chi connectivity index (χ0v) is 10.4. The van der Waals surface area contributed by atoms with E-state index in [1.54, 1.807) is 12.1 Å². The van der Waals surface area contributed by atoms with E-state index in [2.05, 4.69) is 0 Å². The van der Waals surface area contributed by atoms with Crippen LogP contribution in [0.3, 0.4) is 0 Å². The molecule has 0 aliphatic carbocycles. The van der Waals surface area contributed by atoms with E-state index in [0.717, 1.165) is 5.56 Å². The number of aryl methyl sites for hydroxylation is 1. The minimum Gasteiger partial charge on any atom is -0.337 e. The van der Waals surface area contributed by atoms with Crippen LogP contribution in [0.25, 0.3) is 0 Å². The molecule has 1 heterocycles. The van der Waals surface area contributed by atoms with Crippen LogP contribution in [0.1, 0.15) is 18.4 Å². The van der Waals surface area contributed by atoms with Crippen LogP contribution in [0, 0.1) is 6.92 Å². The molecule has 0 amide bonds. The number of hydrogen-bond donors (Lipinski definition) is 1. The molecule has 0 bridgehead atoms. The summed E-state index contributed by atoms with van der Waals surface area (Å²) in [4.78, 5) is 0.0865. The average molecular weight is 257 g/mol. The van der Waals surface area contributed by atoms with Crippen LogP contribution in [-0.4, -0.2) is 20.9 Å². The standard InChI is InChI=1S/C11H15NO4S/c1-9-3-5-10(6-4-9)17(13,14)16-11(12)7-2-8-15-11/h3-6H,2,7-8,12H2,1H3. The quantitative estimate of drug-likeness (QED) is 0.648. The second kappa shape index (κ2) is 4.38. The molecule has 1 saturated heterocycles. The third-order valence-electron chi connectivity index (χ3n) is 2.58. The van der Waals surface area contributed by atoms with E-state index in [-0.39, 0.29) is 4.90 Å². The highest BCUT2D eigenvalue weighted by Crippen LogP contribution is 2.26. The lowest BCUT2D eigenvalue weighted by Crippen LogP contribution is -2.43. The Hall–Kier alpha value is -0.950. The molecule has 1 aliphatic rings. The monoisotopic (exact) mass is 257 g/mol.